The first-order chi connectivity index (χ1) is 8.90. The molecule has 94 valence electrons. The smallest absolute Gasteiger partial charge is 0.0387 e. The van der Waals surface area contributed by atoms with Crippen LogP contribution in [-0.2, 0) is 6.42 Å². The molecule has 0 fully saturated rings. The first kappa shape index (κ1) is 11.9. The number of hydrogen-bond acceptors (Lipinski definition) is 2. The lowest BCUT2D eigenvalue weighted by atomic mass is 9.80. The van der Waals surface area contributed by atoms with Crippen LogP contribution in [0.4, 0.5) is 0 Å². The normalized spacial score (nSPS) is 20.4. The van der Waals surface area contributed by atoms with E-state index in [4.69, 9.17) is 0 Å². The number of benzene rings is 1. The maximum Gasteiger partial charge on any atom is 0.0387 e. The van der Waals surface area contributed by atoms with Crippen molar-refractivity contribution in [3.63, 3.8) is 0 Å². The minimum Gasteiger partial charge on any atom is -0.312 e. The minimum absolute atomic E-state index is 0.444. The lowest BCUT2D eigenvalue weighted by Gasteiger charge is -2.31. The summed E-state index contributed by atoms with van der Waals surface area (Å²) in [6, 6.07) is 13.6. The molecule has 1 aliphatic carbocycles. The fraction of sp³-hybridized carbons (Fsp3) is 0.375. The van der Waals surface area contributed by atoms with Crippen LogP contribution in [0.25, 0.3) is 0 Å². The molecule has 0 amide bonds. The van der Waals surface area contributed by atoms with Crippen LogP contribution in [0.5, 0.6) is 0 Å². The van der Waals surface area contributed by atoms with E-state index in [-0.39, 0.29) is 0 Å². The largest absolute Gasteiger partial charge is 0.312 e. The van der Waals surface area contributed by atoms with Crippen molar-refractivity contribution >= 4 is 11.3 Å². The summed E-state index contributed by atoms with van der Waals surface area (Å²) in [6.45, 7) is 0. The van der Waals surface area contributed by atoms with Gasteiger partial charge in [0, 0.05) is 16.8 Å². The van der Waals surface area contributed by atoms with Gasteiger partial charge in [-0.15, -0.1) is 11.3 Å². The van der Waals surface area contributed by atoms with E-state index in [9.17, 15) is 0 Å². The summed E-state index contributed by atoms with van der Waals surface area (Å²) in [6.07, 6.45) is 3.89. The summed E-state index contributed by atoms with van der Waals surface area (Å²) in [7, 11) is 2.08. The topological polar surface area (TPSA) is 12.0 Å². The molecule has 2 heteroatoms. The summed E-state index contributed by atoms with van der Waals surface area (Å²) < 4.78 is 0. The maximum absolute atomic E-state index is 3.52. The quantitative estimate of drug-likeness (QED) is 0.872. The second-order valence-corrected chi connectivity index (χ2v) is 5.98. The van der Waals surface area contributed by atoms with E-state index in [1.807, 2.05) is 11.3 Å². The minimum atomic E-state index is 0.444. The zero-order valence-corrected chi connectivity index (χ0v) is 11.5. The highest BCUT2D eigenvalue weighted by Crippen LogP contribution is 2.42. The Balaban J connectivity index is 1.95. The van der Waals surface area contributed by atoms with E-state index in [1.54, 1.807) is 10.4 Å². The predicted molar refractivity (Wildman–Crippen MR) is 78.2 cm³/mol. The second kappa shape index (κ2) is 5.25. The molecule has 2 unspecified atom stereocenters. The van der Waals surface area contributed by atoms with E-state index >= 15 is 0 Å². The highest BCUT2D eigenvalue weighted by Gasteiger charge is 2.28. The monoisotopic (exact) mass is 257 g/mol. The van der Waals surface area contributed by atoms with E-state index in [2.05, 4.69) is 54.1 Å². The van der Waals surface area contributed by atoms with Crippen molar-refractivity contribution in [2.75, 3.05) is 7.05 Å². The number of likely N-dealkylation sites (N-methyl/N-ethyl adjacent to an activating group) is 1. The van der Waals surface area contributed by atoms with Gasteiger partial charge in [0.05, 0.1) is 0 Å². The Labute approximate surface area is 113 Å². The van der Waals surface area contributed by atoms with Crippen molar-refractivity contribution in [3.8, 4) is 0 Å². The molecular formula is C16H19NS. The molecule has 1 aromatic heterocycles. The third-order valence-corrected chi connectivity index (χ3v) is 4.97. The number of thiophene rings is 1. The fourth-order valence-corrected chi connectivity index (χ4v) is 4.13. The van der Waals surface area contributed by atoms with Gasteiger partial charge in [0.1, 0.15) is 0 Å². The third kappa shape index (κ3) is 2.11. The molecule has 1 nitrogen and oxygen atoms in total. The van der Waals surface area contributed by atoms with Gasteiger partial charge in [-0.05, 0) is 48.9 Å². The second-order valence-electron chi connectivity index (χ2n) is 4.97. The van der Waals surface area contributed by atoms with Gasteiger partial charge in [0.15, 0.2) is 0 Å². The molecule has 1 aliphatic rings. The highest BCUT2D eigenvalue weighted by atomic mass is 32.1. The summed E-state index contributed by atoms with van der Waals surface area (Å²) in [5, 5.41) is 5.77. The molecule has 0 saturated carbocycles. The Morgan fingerprint density at radius 3 is 2.83 bits per heavy atom. The van der Waals surface area contributed by atoms with Crippen LogP contribution >= 0.6 is 11.3 Å². The van der Waals surface area contributed by atoms with E-state index in [0.29, 0.717) is 12.0 Å². The SMILES string of the molecule is CNC(c1ccccc1)C1CCCc2sccc21. The lowest BCUT2D eigenvalue weighted by Crippen LogP contribution is -2.26. The molecule has 2 atom stereocenters. The highest BCUT2D eigenvalue weighted by molar-refractivity contribution is 7.10. The van der Waals surface area contributed by atoms with Crippen molar-refractivity contribution in [1.82, 2.24) is 5.32 Å². The van der Waals surface area contributed by atoms with Crippen LogP contribution in [-0.4, -0.2) is 7.05 Å². The lowest BCUT2D eigenvalue weighted by molar-refractivity contribution is 0.428. The molecule has 18 heavy (non-hydrogen) atoms. The zero-order valence-electron chi connectivity index (χ0n) is 10.7. The molecule has 0 aliphatic heterocycles. The summed E-state index contributed by atoms with van der Waals surface area (Å²) in [4.78, 5) is 1.60. The summed E-state index contributed by atoms with van der Waals surface area (Å²) in [5.41, 5.74) is 2.98. The molecule has 1 aromatic carbocycles. The first-order valence-corrected chi connectivity index (χ1v) is 7.56. The molecule has 0 bridgehead atoms. The first-order valence-electron chi connectivity index (χ1n) is 6.68. The molecule has 3 rings (SSSR count). The number of nitrogens with one attached hydrogen (secondary N) is 1. The van der Waals surface area contributed by atoms with Crippen molar-refractivity contribution in [2.24, 2.45) is 0 Å². The third-order valence-electron chi connectivity index (χ3n) is 3.97. The molecule has 1 heterocycles. The van der Waals surface area contributed by atoms with Gasteiger partial charge in [-0.25, -0.2) is 0 Å². The van der Waals surface area contributed by atoms with Crippen molar-refractivity contribution in [3.05, 3.63) is 57.8 Å². The van der Waals surface area contributed by atoms with Gasteiger partial charge in [0.25, 0.3) is 0 Å². The Kier molecular flexibility index (Phi) is 3.48. The summed E-state index contributed by atoms with van der Waals surface area (Å²) >= 11 is 1.92. The number of fused-ring (bicyclic) bond motifs is 1. The maximum atomic E-state index is 3.52. The van der Waals surface area contributed by atoms with Crippen molar-refractivity contribution in [1.29, 1.82) is 0 Å². The molecule has 2 aromatic rings. The number of hydrogen-bond donors (Lipinski definition) is 1. The van der Waals surface area contributed by atoms with Crippen LogP contribution in [0.3, 0.4) is 0 Å². The Hall–Kier alpha value is -1.12. The van der Waals surface area contributed by atoms with Gasteiger partial charge in [0.2, 0.25) is 0 Å². The zero-order chi connectivity index (χ0) is 12.4. The number of rotatable bonds is 3. The molecule has 0 radical (unpaired) electrons. The fourth-order valence-electron chi connectivity index (χ4n) is 3.13. The van der Waals surface area contributed by atoms with Gasteiger partial charge in [-0.3, -0.25) is 0 Å². The summed E-state index contributed by atoms with van der Waals surface area (Å²) in [5.74, 6) is 0.632. The van der Waals surface area contributed by atoms with E-state index < -0.39 is 0 Å². The molecule has 0 saturated heterocycles. The molecule has 1 N–H and O–H groups in total. The van der Waals surface area contributed by atoms with E-state index in [0.717, 1.165) is 0 Å². The average Bonchev–Trinajstić information content (AvgIpc) is 2.90. The van der Waals surface area contributed by atoms with Gasteiger partial charge in [-0.1, -0.05) is 30.3 Å². The standard InChI is InChI=1S/C16H19NS/c1-17-16(12-6-3-2-4-7-12)14-8-5-9-15-13(14)10-11-18-15/h2-4,6-7,10-11,14,16-17H,5,8-9H2,1H3. The van der Waals surface area contributed by atoms with Crippen molar-refractivity contribution < 1.29 is 0 Å². The molecule has 0 spiro atoms. The average molecular weight is 257 g/mol. The van der Waals surface area contributed by atoms with E-state index in [1.165, 1.54) is 24.8 Å². The molecular weight excluding hydrogens is 238 g/mol. The Morgan fingerprint density at radius 1 is 1.22 bits per heavy atom. The van der Waals surface area contributed by atoms with Crippen LogP contribution in [0.2, 0.25) is 0 Å². The van der Waals surface area contributed by atoms with Gasteiger partial charge in [-0.2, -0.15) is 0 Å². The van der Waals surface area contributed by atoms with Crippen LogP contribution in [0, 0.1) is 0 Å². The van der Waals surface area contributed by atoms with Crippen molar-refractivity contribution in [2.45, 2.75) is 31.2 Å². The Bertz CT molecular complexity index is 503. The van der Waals surface area contributed by atoms with Crippen LogP contribution < -0.4 is 5.32 Å². The van der Waals surface area contributed by atoms with Crippen LogP contribution in [0.1, 0.15) is 40.8 Å². The number of aryl methyl sites for hydroxylation is 1. The van der Waals surface area contributed by atoms with Crippen LogP contribution in [0.15, 0.2) is 41.8 Å². The Morgan fingerprint density at radius 2 is 2.06 bits per heavy atom. The predicted octanol–water partition coefficient (Wildman–Crippen LogP) is 4.13. The van der Waals surface area contributed by atoms with Gasteiger partial charge < -0.3 is 5.32 Å². The van der Waals surface area contributed by atoms with Gasteiger partial charge >= 0.3 is 0 Å².